The number of nitrogens with one attached hydrogen (secondary N) is 2. The smallest absolute Gasteiger partial charge is 0.265 e. The van der Waals surface area contributed by atoms with E-state index in [1.807, 2.05) is 0 Å². The molecule has 0 aromatic carbocycles. The van der Waals surface area contributed by atoms with E-state index in [2.05, 4.69) is 15.6 Å². The topological polar surface area (TPSA) is 80.0 Å². The van der Waals surface area contributed by atoms with E-state index in [0.29, 0.717) is 15.8 Å². The Morgan fingerprint density at radius 3 is 2.84 bits per heavy atom. The van der Waals surface area contributed by atoms with Crippen molar-refractivity contribution in [3.05, 3.63) is 4.88 Å². The highest BCUT2D eigenvalue weighted by Gasteiger charge is 2.16. The van der Waals surface area contributed by atoms with Crippen molar-refractivity contribution in [1.29, 1.82) is 0 Å². The van der Waals surface area contributed by atoms with Gasteiger partial charge in [0.2, 0.25) is 0 Å². The maximum atomic E-state index is 11.9. The van der Waals surface area contributed by atoms with E-state index >= 15 is 0 Å². The van der Waals surface area contributed by atoms with Gasteiger partial charge < -0.3 is 16.4 Å². The molecule has 1 aromatic rings. The first-order chi connectivity index (χ1) is 9.20. The van der Waals surface area contributed by atoms with Crippen LogP contribution in [0.1, 0.15) is 48.2 Å². The van der Waals surface area contributed by atoms with Gasteiger partial charge in [-0.2, -0.15) is 0 Å². The number of rotatable bonds is 6. The lowest BCUT2D eigenvalue weighted by Gasteiger charge is -2.08. The van der Waals surface area contributed by atoms with E-state index in [-0.39, 0.29) is 5.91 Å². The molecule has 1 aliphatic rings. The largest absolute Gasteiger partial charge is 0.382 e. The lowest BCUT2D eigenvalue weighted by molar-refractivity contribution is 0.0957. The van der Waals surface area contributed by atoms with E-state index in [4.69, 9.17) is 5.73 Å². The number of hydrogen-bond donors (Lipinski definition) is 3. The number of nitrogens with zero attached hydrogens (tertiary/aromatic N) is 1. The number of aromatic nitrogens is 1. The predicted molar refractivity (Wildman–Crippen MR) is 79.6 cm³/mol. The minimum atomic E-state index is -0.108. The summed E-state index contributed by atoms with van der Waals surface area (Å²) in [6.45, 7) is 0.724. The Morgan fingerprint density at radius 1 is 1.47 bits per heavy atom. The SMILES string of the molecule is CNc1nc(N)c(C(=O)NCCCC2CCCC2)s1. The molecular weight excluding hydrogens is 260 g/mol. The molecule has 2 rings (SSSR count). The summed E-state index contributed by atoms with van der Waals surface area (Å²) in [5.41, 5.74) is 5.72. The molecule has 0 unspecified atom stereocenters. The molecule has 4 N–H and O–H groups in total. The Kier molecular flexibility index (Phi) is 5.01. The summed E-state index contributed by atoms with van der Waals surface area (Å²) in [6, 6.07) is 0. The standard InChI is InChI=1S/C13H22N4OS/c1-15-13-17-11(14)10(19-13)12(18)16-8-4-7-9-5-2-3-6-9/h9H,2-8,14H2,1H3,(H,15,17)(H,16,18). The number of hydrogen-bond acceptors (Lipinski definition) is 5. The highest BCUT2D eigenvalue weighted by molar-refractivity contribution is 7.18. The van der Waals surface area contributed by atoms with Crippen LogP contribution in [0.25, 0.3) is 0 Å². The number of nitrogen functional groups attached to an aromatic ring is 1. The Bertz CT molecular complexity index is 426. The molecule has 0 saturated heterocycles. The first-order valence-electron chi connectivity index (χ1n) is 6.93. The minimum Gasteiger partial charge on any atom is -0.382 e. The maximum Gasteiger partial charge on any atom is 0.265 e. The molecule has 1 heterocycles. The first kappa shape index (κ1) is 14.1. The molecule has 1 amide bonds. The molecular formula is C13H22N4OS. The van der Waals surface area contributed by atoms with Crippen molar-refractivity contribution in [3.63, 3.8) is 0 Å². The number of carbonyl (C=O) groups is 1. The molecule has 1 saturated carbocycles. The van der Waals surface area contributed by atoms with Gasteiger partial charge in [0.05, 0.1) is 0 Å². The monoisotopic (exact) mass is 282 g/mol. The van der Waals surface area contributed by atoms with Crippen molar-refractivity contribution >= 4 is 28.2 Å². The van der Waals surface area contributed by atoms with Crippen LogP contribution in [0.15, 0.2) is 0 Å². The van der Waals surface area contributed by atoms with Crippen molar-refractivity contribution in [1.82, 2.24) is 10.3 Å². The second kappa shape index (κ2) is 6.75. The Morgan fingerprint density at radius 2 is 2.21 bits per heavy atom. The minimum absolute atomic E-state index is 0.108. The van der Waals surface area contributed by atoms with Crippen LogP contribution in [0.2, 0.25) is 0 Å². The van der Waals surface area contributed by atoms with Crippen molar-refractivity contribution < 1.29 is 4.79 Å². The van der Waals surface area contributed by atoms with Gasteiger partial charge in [-0.1, -0.05) is 37.0 Å². The van der Waals surface area contributed by atoms with Crippen LogP contribution in [-0.4, -0.2) is 24.5 Å². The van der Waals surface area contributed by atoms with Crippen LogP contribution >= 0.6 is 11.3 Å². The third-order valence-electron chi connectivity index (χ3n) is 3.62. The fraction of sp³-hybridized carbons (Fsp3) is 0.692. The molecule has 1 fully saturated rings. The first-order valence-corrected chi connectivity index (χ1v) is 7.74. The van der Waals surface area contributed by atoms with Crippen molar-refractivity contribution in [2.45, 2.75) is 38.5 Å². The summed E-state index contributed by atoms with van der Waals surface area (Å²) in [7, 11) is 1.77. The summed E-state index contributed by atoms with van der Waals surface area (Å²) in [5, 5.41) is 6.49. The van der Waals surface area contributed by atoms with Gasteiger partial charge in [-0.15, -0.1) is 0 Å². The average Bonchev–Trinajstić information content (AvgIpc) is 3.03. The van der Waals surface area contributed by atoms with Crippen LogP contribution in [0.3, 0.4) is 0 Å². The maximum absolute atomic E-state index is 11.9. The van der Waals surface area contributed by atoms with Gasteiger partial charge in [0, 0.05) is 13.6 Å². The van der Waals surface area contributed by atoms with Gasteiger partial charge in [0.15, 0.2) is 5.13 Å². The zero-order valence-corrected chi connectivity index (χ0v) is 12.2. The normalized spacial score (nSPS) is 15.6. The molecule has 19 heavy (non-hydrogen) atoms. The summed E-state index contributed by atoms with van der Waals surface area (Å²) in [5.74, 6) is 1.08. The highest BCUT2D eigenvalue weighted by Crippen LogP contribution is 2.28. The van der Waals surface area contributed by atoms with Crippen molar-refractivity contribution in [3.8, 4) is 0 Å². The lowest BCUT2D eigenvalue weighted by atomic mass is 10.0. The zero-order valence-electron chi connectivity index (χ0n) is 11.4. The van der Waals surface area contributed by atoms with E-state index in [0.717, 1.165) is 18.9 Å². The third-order valence-corrected chi connectivity index (χ3v) is 4.71. The van der Waals surface area contributed by atoms with Gasteiger partial charge in [-0.25, -0.2) is 4.98 Å². The molecule has 6 heteroatoms. The fourth-order valence-electron chi connectivity index (χ4n) is 2.57. The predicted octanol–water partition coefficient (Wildman–Crippen LogP) is 2.47. The number of amides is 1. The van der Waals surface area contributed by atoms with Gasteiger partial charge in [0.25, 0.3) is 5.91 Å². The molecule has 0 bridgehead atoms. The third kappa shape index (κ3) is 3.83. The van der Waals surface area contributed by atoms with Crippen LogP contribution in [0.4, 0.5) is 10.9 Å². The quantitative estimate of drug-likeness (QED) is 0.700. The molecule has 1 aliphatic carbocycles. The second-order valence-electron chi connectivity index (χ2n) is 5.03. The number of thiazole rings is 1. The molecule has 0 radical (unpaired) electrons. The van der Waals surface area contributed by atoms with Crippen LogP contribution < -0.4 is 16.4 Å². The number of anilines is 2. The Hall–Kier alpha value is -1.30. The molecule has 0 aliphatic heterocycles. The van der Waals surface area contributed by atoms with Gasteiger partial charge in [-0.05, 0) is 18.8 Å². The highest BCUT2D eigenvalue weighted by atomic mass is 32.1. The van der Waals surface area contributed by atoms with Crippen molar-refractivity contribution in [2.24, 2.45) is 5.92 Å². The average molecular weight is 282 g/mol. The van der Waals surface area contributed by atoms with Crippen LogP contribution in [-0.2, 0) is 0 Å². The van der Waals surface area contributed by atoms with E-state index in [1.165, 1.54) is 43.4 Å². The number of carbonyl (C=O) groups excluding carboxylic acids is 1. The lowest BCUT2D eigenvalue weighted by Crippen LogP contribution is -2.24. The van der Waals surface area contributed by atoms with Crippen molar-refractivity contribution in [2.75, 3.05) is 24.6 Å². The summed E-state index contributed by atoms with van der Waals surface area (Å²) >= 11 is 1.29. The van der Waals surface area contributed by atoms with Crippen LogP contribution in [0.5, 0.6) is 0 Å². The second-order valence-corrected chi connectivity index (χ2v) is 6.03. The fourth-order valence-corrected chi connectivity index (χ4v) is 3.33. The van der Waals surface area contributed by atoms with Gasteiger partial charge >= 0.3 is 0 Å². The molecule has 0 spiro atoms. The van der Waals surface area contributed by atoms with E-state index in [1.54, 1.807) is 7.05 Å². The Balaban J connectivity index is 1.72. The molecule has 5 nitrogen and oxygen atoms in total. The molecule has 1 aromatic heterocycles. The van der Waals surface area contributed by atoms with Crippen LogP contribution in [0, 0.1) is 5.92 Å². The van der Waals surface area contributed by atoms with E-state index < -0.39 is 0 Å². The van der Waals surface area contributed by atoms with Gasteiger partial charge in [-0.3, -0.25) is 4.79 Å². The number of nitrogens with two attached hydrogens (primary N) is 1. The summed E-state index contributed by atoms with van der Waals surface area (Å²) in [4.78, 5) is 16.5. The summed E-state index contributed by atoms with van der Waals surface area (Å²) < 4.78 is 0. The Labute approximate surface area is 118 Å². The zero-order chi connectivity index (χ0) is 13.7. The summed E-state index contributed by atoms with van der Waals surface area (Å²) in [6.07, 6.45) is 7.75. The van der Waals surface area contributed by atoms with E-state index in [9.17, 15) is 4.79 Å². The molecule has 0 atom stereocenters. The molecule has 106 valence electrons. The van der Waals surface area contributed by atoms with Gasteiger partial charge in [0.1, 0.15) is 10.7 Å².